The van der Waals surface area contributed by atoms with Gasteiger partial charge >= 0.3 is 0 Å². The Bertz CT molecular complexity index is 1070. The van der Waals surface area contributed by atoms with E-state index < -0.39 is 0 Å². The molecule has 2 aromatic carbocycles. The van der Waals surface area contributed by atoms with E-state index in [4.69, 9.17) is 9.97 Å². The Kier molecular flexibility index (Phi) is 5.81. The second-order valence-electron chi connectivity index (χ2n) is 10.6. The van der Waals surface area contributed by atoms with E-state index in [1.165, 1.54) is 49.7 Å². The van der Waals surface area contributed by atoms with E-state index in [2.05, 4.69) is 75.5 Å². The molecular weight excluding hydrogens is 420 g/mol. The van der Waals surface area contributed by atoms with Crippen molar-refractivity contribution in [3.63, 3.8) is 0 Å². The predicted molar refractivity (Wildman–Crippen MR) is 137 cm³/mol. The Morgan fingerprint density at radius 3 is 1.79 bits per heavy atom. The fourth-order valence-corrected chi connectivity index (χ4v) is 6.83. The Morgan fingerprint density at radius 2 is 1.18 bits per heavy atom. The molecule has 0 unspecified atom stereocenters. The average Bonchev–Trinajstić information content (AvgIpc) is 2.83. The predicted octanol–water partition coefficient (Wildman–Crippen LogP) is 5.52. The number of hydrogen-bond acceptors (Lipinski definition) is 6. The number of benzene rings is 2. The summed E-state index contributed by atoms with van der Waals surface area (Å²) in [6.07, 6.45) is 8.98. The van der Waals surface area contributed by atoms with E-state index in [1.54, 1.807) is 0 Å². The van der Waals surface area contributed by atoms with Crippen LogP contribution < -0.4 is 16.0 Å². The summed E-state index contributed by atoms with van der Waals surface area (Å²) >= 11 is 0. The van der Waals surface area contributed by atoms with Crippen LogP contribution in [0.2, 0.25) is 0 Å². The molecule has 0 amide bonds. The van der Waals surface area contributed by atoms with Crippen LogP contribution >= 0.6 is 0 Å². The number of hydrogen-bond donors (Lipinski definition) is 3. The molecule has 1 heterocycles. The van der Waals surface area contributed by atoms with Gasteiger partial charge in [0.25, 0.3) is 0 Å². The first-order valence-electron chi connectivity index (χ1n) is 12.8. The number of anilines is 3. The minimum absolute atomic E-state index is 0.161. The smallest absolute Gasteiger partial charge is 0.229 e. The van der Waals surface area contributed by atoms with Crippen LogP contribution in [0.5, 0.6) is 0 Å². The van der Waals surface area contributed by atoms with Gasteiger partial charge in [0.1, 0.15) is 0 Å². The van der Waals surface area contributed by atoms with Crippen molar-refractivity contribution in [2.75, 3.05) is 22.5 Å². The van der Waals surface area contributed by atoms with E-state index in [-0.39, 0.29) is 5.54 Å². The lowest BCUT2D eigenvalue weighted by Crippen LogP contribution is -2.55. The van der Waals surface area contributed by atoms with Crippen LogP contribution in [0, 0.1) is 17.8 Å². The van der Waals surface area contributed by atoms with Crippen molar-refractivity contribution < 1.29 is 0 Å². The van der Waals surface area contributed by atoms with Crippen molar-refractivity contribution in [2.45, 2.75) is 57.0 Å². The highest BCUT2D eigenvalue weighted by atomic mass is 15.3. The van der Waals surface area contributed by atoms with Crippen molar-refractivity contribution >= 4 is 17.8 Å². The van der Waals surface area contributed by atoms with Gasteiger partial charge in [0, 0.05) is 18.6 Å². The van der Waals surface area contributed by atoms with Crippen molar-refractivity contribution in [1.82, 2.24) is 15.0 Å². The molecule has 1 aromatic heterocycles. The van der Waals surface area contributed by atoms with E-state index in [9.17, 15) is 0 Å². The average molecular weight is 455 g/mol. The Labute approximate surface area is 202 Å². The normalized spacial score (nSPS) is 26.9. The summed E-state index contributed by atoms with van der Waals surface area (Å²) in [5, 5.41) is 10.7. The van der Waals surface area contributed by atoms with Crippen LogP contribution in [-0.2, 0) is 13.0 Å². The molecule has 0 saturated heterocycles. The Morgan fingerprint density at radius 1 is 0.647 bits per heavy atom. The van der Waals surface area contributed by atoms with Crippen LogP contribution in [0.1, 0.15) is 49.7 Å². The summed E-state index contributed by atoms with van der Waals surface area (Å²) in [6.45, 7) is 1.47. The van der Waals surface area contributed by atoms with Gasteiger partial charge in [-0.05, 0) is 73.8 Å². The highest BCUT2D eigenvalue weighted by molar-refractivity contribution is 5.44. The largest absolute Gasteiger partial charge is 0.354 e. The molecule has 4 saturated carbocycles. The zero-order chi connectivity index (χ0) is 22.8. The SMILES string of the molecule is c1ccc(CCNc2nc(NCc3ccccc3)nc(NC34CC5CC(CC(C5)C3)C4)n2)cc1. The highest BCUT2D eigenvalue weighted by Gasteiger charge is 2.51. The maximum atomic E-state index is 4.81. The summed E-state index contributed by atoms with van der Waals surface area (Å²) in [5.41, 5.74) is 2.67. The lowest BCUT2D eigenvalue weighted by Gasteiger charge is -2.56. The molecule has 4 aliphatic carbocycles. The fraction of sp³-hybridized carbons (Fsp3) is 0.464. The van der Waals surface area contributed by atoms with E-state index in [0.717, 1.165) is 30.7 Å². The molecule has 7 rings (SSSR count). The molecular formula is C28H34N6. The lowest BCUT2D eigenvalue weighted by molar-refractivity contribution is 0.0103. The monoisotopic (exact) mass is 454 g/mol. The van der Waals surface area contributed by atoms with Crippen LogP contribution in [0.4, 0.5) is 17.8 Å². The van der Waals surface area contributed by atoms with Crippen LogP contribution in [0.15, 0.2) is 60.7 Å². The van der Waals surface area contributed by atoms with Crippen LogP contribution in [0.3, 0.4) is 0 Å². The molecule has 3 N–H and O–H groups in total. The van der Waals surface area contributed by atoms with Crippen molar-refractivity contribution in [1.29, 1.82) is 0 Å². The van der Waals surface area contributed by atoms with Gasteiger partial charge < -0.3 is 16.0 Å². The number of rotatable bonds is 9. The molecule has 34 heavy (non-hydrogen) atoms. The molecule has 6 heteroatoms. The number of nitrogens with zero attached hydrogens (tertiary/aromatic N) is 3. The van der Waals surface area contributed by atoms with Crippen molar-refractivity contribution in [3.05, 3.63) is 71.8 Å². The molecule has 0 atom stereocenters. The third-order valence-corrected chi connectivity index (χ3v) is 7.88. The molecule has 4 fully saturated rings. The molecule has 3 aromatic rings. The number of aromatic nitrogens is 3. The van der Waals surface area contributed by atoms with Gasteiger partial charge in [0.15, 0.2) is 0 Å². The highest BCUT2D eigenvalue weighted by Crippen LogP contribution is 2.56. The summed E-state index contributed by atoms with van der Waals surface area (Å²) in [7, 11) is 0. The molecule has 4 aliphatic rings. The van der Waals surface area contributed by atoms with Gasteiger partial charge in [0.2, 0.25) is 17.8 Å². The molecule has 6 nitrogen and oxygen atoms in total. The van der Waals surface area contributed by atoms with Gasteiger partial charge in [0.05, 0.1) is 0 Å². The van der Waals surface area contributed by atoms with Crippen molar-refractivity contribution in [3.8, 4) is 0 Å². The minimum atomic E-state index is 0.161. The summed E-state index contributed by atoms with van der Waals surface area (Å²) in [5.74, 6) is 4.58. The Hall–Kier alpha value is -3.15. The second kappa shape index (κ2) is 9.24. The van der Waals surface area contributed by atoms with Gasteiger partial charge in [-0.2, -0.15) is 15.0 Å². The maximum Gasteiger partial charge on any atom is 0.229 e. The molecule has 0 radical (unpaired) electrons. The molecule has 0 aliphatic heterocycles. The summed E-state index contributed by atoms with van der Waals surface area (Å²) in [4.78, 5) is 14.3. The topological polar surface area (TPSA) is 74.8 Å². The third-order valence-electron chi connectivity index (χ3n) is 7.88. The Balaban J connectivity index is 1.19. The molecule has 4 bridgehead atoms. The van der Waals surface area contributed by atoms with E-state index in [1.807, 2.05) is 6.07 Å². The van der Waals surface area contributed by atoms with Crippen LogP contribution in [-0.4, -0.2) is 27.0 Å². The van der Waals surface area contributed by atoms with Gasteiger partial charge in [-0.1, -0.05) is 60.7 Å². The number of nitrogens with one attached hydrogen (secondary N) is 3. The summed E-state index contributed by atoms with van der Waals surface area (Å²) < 4.78 is 0. The second-order valence-corrected chi connectivity index (χ2v) is 10.6. The van der Waals surface area contributed by atoms with Crippen LogP contribution in [0.25, 0.3) is 0 Å². The fourth-order valence-electron chi connectivity index (χ4n) is 6.83. The van der Waals surface area contributed by atoms with E-state index >= 15 is 0 Å². The van der Waals surface area contributed by atoms with Crippen molar-refractivity contribution in [2.24, 2.45) is 17.8 Å². The van der Waals surface area contributed by atoms with Gasteiger partial charge in [-0.25, -0.2) is 0 Å². The first kappa shape index (κ1) is 21.4. The first-order valence-corrected chi connectivity index (χ1v) is 12.8. The molecule has 0 spiro atoms. The molecule has 176 valence electrons. The van der Waals surface area contributed by atoms with Gasteiger partial charge in [-0.3, -0.25) is 0 Å². The first-order chi connectivity index (χ1) is 16.7. The lowest BCUT2D eigenvalue weighted by atomic mass is 9.53. The standard InChI is InChI=1S/C28H34N6/c1-3-7-20(8-4-1)11-12-29-25-31-26(30-19-21-9-5-2-6-10-21)33-27(32-25)34-28-16-22-13-23(17-28)15-24(14-22)18-28/h1-10,22-24H,11-19H2,(H3,29,30,31,32,33,34). The zero-order valence-corrected chi connectivity index (χ0v) is 19.7. The van der Waals surface area contributed by atoms with Gasteiger partial charge in [-0.15, -0.1) is 0 Å². The maximum absolute atomic E-state index is 4.81. The van der Waals surface area contributed by atoms with E-state index in [0.29, 0.717) is 24.4 Å². The third kappa shape index (κ3) is 4.86. The summed E-state index contributed by atoms with van der Waals surface area (Å²) in [6, 6.07) is 20.9. The zero-order valence-electron chi connectivity index (χ0n) is 19.7. The minimum Gasteiger partial charge on any atom is -0.354 e. The quantitative estimate of drug-likeness (QED) is 0.395.